The second kappa shape index (κ2) is 7.55. The number of nitrogens with one attached hydrogen (secondary N) is 2. The molecule has 0 bridgehead atoms. The van der Waals surface area contributed by atoms with Crippen LogP contribution < -0.4 is 10.6 Å². The van der Waals surface area contributed by atoms with Gasteiger partial charge < -0.3 is 5.32 Å². The van der Waals surface area contributed by atoms with Crippen LogP contribution in [0.3, 0.4) is 0 Å². The van der Waals surface area contributed by atoms with E-state index in [-0.39, 0.29) is 24.4 Å². The van der Waals surface area contributed by atoms with E-state index in [1.807, 2.05) is 25.1 Å². The Balaban J connectivity index is 2.38. The van der Waals surface area contributed by atoms with Gasteiger partial charge in [-0.1, -0.05) is 13.0 Å². The zero-order valence-electron chi connectivity index (χ0n) is 10.8. The minimum Gasteiger partial charge on any atom is -0.305 e. The molecule has 0 aliphatic rings. The Morgan fingerprint density at radius 3 is 2.72 bits per heavy atom. The van der Waals surface area contributed by atoms with Crippen LogP contribution in [0, 0.1) is 0 Å². The Kier molecular flexibility index (Phi) is 6.00. The van der Waals surface area contributed by atoms with E-state index in [0.29, 0.717) is 0 Å². The van der Waals surface area contributed by atoms with Gasteiger partial charge in [0.1, 0.15) is 0 Å². The van der Waals surface area contributed by atoms with E-state index in [2.05, 4.69) is 15.6 Å². The zero-order valence-corrected chi connectivity index (χ0v) is 10.8. The molecule has 0 aromatic carbocycles. The highest BCUT2D eigenvalue weighted by Crippen LogP contribution is 2.02. The summed E-state index contributed by atoms with van der Waals surface area (Å²) in [6.07, 6.45) is 3.42. The number of rotatable bonds is 6. The summed E-state index contributed by atoms with van der Waals surface area (Å²) in [6.45, 7) is 3.51. The summed E-state index contributed by atoms with van der Waals surface area (Å²) in [6, 6.07) is 5.95. The lowest BCUT2D eigenvalue weighted by atomic mass is 10.1. The van der Waals surface area contributed by atoms with Gasteiger partial charge in [-0.2, -0.15) is 0 Å². The molecule has 98 valence electrons. The van der Waals surface area contributed by atoms with Crippen LogP contribution in [0.15, 0.2) is 24.4 Å². The molecule has 0 aliphatic carbocycles. The van der Waals surface area contributed by atoms with E-state index in [9.17, 15) is 9.59 Å². The molecule has 1 rings (SSSR count). The van der Waals surface area contributed by atoms with E-state index in [1.54, 1.807) is 6.20 Å². The molecule has 1 aromatic rings. The summed E-state index contributed by atoms with van der Waals surface area (Å²) in [5, 5.41) is 5.35. The van der Waals surface area contributed by atoms with Gasteiger partial charge in [0.15, 0.2) is 0 Å². The third-order valence-corrected chi connectivity index (χ3v) is 2.54. The largest absolute Gasteiger partial charge is 0.305 e. The van der Waals surface area contributed by atoms with Gasteiger partial charge in [0.25, 0.3) is 0 Å². The first-order chi connectivity index (χ1) is 8.61. The maximum atomic E-state index is 11.3. The first-order valence-corrected chi connectivity index (χ1v) is 6.05. The maximum absolute atomic E-state index is 11.3. The number of carbonyl (C=O) groups is 2. The smallest absolute Gasteiger partial charge is 0.240 e. The number of pyridine rings is 1. The predicted octanol–water partition coefficient (Wildman–Crippen LogP) is 0.655. The molecule has 0 spiro atoms. The van der Waals surface area contributed by atoms with Crippen molar-refractivity contribution in [2.45, 2.75) is 32.7 Å². The molecule has 0 saturated carbocycles. The van der Waals surface area contributed by atoms with Crippen molar-refractivity contribution < 1.29 is 9.59 Å². The summed E-state index contributed by atoms with van der Waals surface area (Å²) in [7, 11) is 0. The van der Waals surface area contributed by atoms with Crippen molar-refractivity contribution in [2.75, 3.05) is 6.54 Å². The van der Waals surface area contributed by atoms with Gasteiger partial charge in [0.2, 0.25) is 11.8 Å². The van der Waals surface area contributed by atoms with E-state index in [1.165, 1.54) is 6.92 Å². The van der Waals surface area contributed by atoms with Crippen LogP contribution in [0.25, 0.3) is 0 Å². The molecule has 0 aliphatic heterocycles. The van der Waals surface area contributed by atoms with Crippen molar-refractivity contribution in [2.24, 2.45) is 0 Å². The Labute approximate surface area is 107 Å². The summed E-state index contributed by atoms with van der Waals surface area (Å²) in [5.74, 6) is -0.637. The average Bonchev–Trinajstić information content (AvgIpc) is 2.35. The number of nitrogens with zero attached hydrogens (tertiary/aromatic N) is 1. The van der Waals surface area contributed by atoms with E-state index in [4.69, 9.17) is 0 Å². The van der Waals surface area contributed by atoms with Crippen LogP contribution in [-0.2, 0) is 16.0 Å². The fourth-order valence-electron chi connectivity index (χ4n) is 1.61. The monoisotopic (exact) mass is 249 g/mol. The summed E-state index contributed by atoms with van der Waals surface area (Å²) < 4.78 is 0. The lowest BCUT2D eigenvalue weighted by Crippen LogP contribution is -2.41. The highest BCUT2D eigenvalue weighted by atomic mass is 16.2. The number of hydrogen-bond donors (Lipinski definition) is 2. The van der Waals surface area contributed by atoms with Crippen molar-refractivity contribution >= 4 is 11.8 Å². The van der Waals surface area contributed by atoms with Crippen LogP contribution in [0.1, 0.15) is 26.0 Å². The highest BCUT2D eigenvalue weighted by molar-refractivity contribution is 5.94. The fourth-order valence-corrected chi connectivity index (χ4v) is 1.61. The fraction of sp³-hybridized carbons (Fsp3) is 0.462. The second-order valence-electron chi connectivity index (χ2n) is 4.12. The Morgan fingerprint density at radius 1 is 1.39 bits per heavy atom. The van der Waals surface area contributed by atoms with Crippen molar-refractivity contribution in [3.8, 4) is 0 Å². The highest BCUT2D eigenvalue weighted by Gasteiger charge is 2.10. The molecule has 2 N–H and O–H groups in total. The summed E-state index contributed by atoms with van der Waals surface area (Å²) >= 11 is 0. The van der Waals surface area contributed by atoms with Crippen molar-refractivity contribution in [1.82, 2.24) is 15.6 Å². The molecule has 5 heteroatoms. The normalized spacial score (nSPS) is 11.9. The number of aromatic nitrogens is 1. The number of amides is 2. The zero-order chi connectivity index (χ0) is 13.4. The minimum absolute atomic E-state index is 0.144. The van der Waals surface area contributed by atoms with Crippen LogP contribution in [-0.4, -0.2) is 29.4 Å². The molecule has 2 amide bonds. The molecule has 0 radical (unpaired) electrons. The number of imide groups is 1. The van der Waals surface area contributed by atoms with Gasteiger partial charge in [-0.15, -0.1) is 0 Å². The van der Waals surface area contributed by atoms with Gasteiger partial charge >= 0.3 is 0 Å². The second-order valence-corrected chi connectivity index (χ2v) is 4.12. The SMILES string of the molecule is CCC(Cc1ccccn1)NCC(=O)NC(C)=O. The third-order valence-electron chi connectivity index (χ3n) is 2.54. The van der Waals surface area contributed by atoms with Gasteiger partial charge in [-0.05, 0) is 18.6 Å². The molecule has 1 aromatic heterocycles. The van der Waals surface area contributed by atoms with E-state index >= 15 is 0 Å². The lowest BCUT2D eigenvalue weighted by molar-refractivity contribution is -0.128. The van der Waals surface area contributed by atoms with Crippen molar-refractivity contribution in [3.05, 3.63) is 30.1 Å². The minimum atomic E-state index is -0.334. The molecular weight excluding hydrogens is 230 g/mol. The average molecular weight is 249 g/mol. The predicted molar refractivity (Wildman–Crippen MR) is 68.8 cm³/mol. The van der Waals surface area contributed by atoms with Crippen LogP contribution in [0.4, 0.5) is 0 Å². The standard InChI is InChI=1S/C13H19N3O2/c1-3-11(8-12-6-4-5-7-14-12)15-9-13(18)16-10(2)17/h4-7,11,15H,3,8-9H2,1-2H3,(H,16,17,18). The summed E-state index contributed by atoms with van der Waals surface area (Å²) in [5.41, 5.74) is 0.990. The molecule has 5 nitrogen and oxygen atoms in total. The number of carbonyl (C=O) groups excluding carboxylic acids is 2. The van der Waals surface area contributed by atoms with Gasteiger partial charge in [-0.25, -0.2) is 0 Å². The maximum Gasteiger partial charge on any atom is 0.240 e. The quantitative estimate of drug-likeness (QED) is 0.776. The Bertz CT molecular complexity index is 392. The molecular formula is C13H19N3O2. The third kappa shape index (κ3) is 5.54. The molecule has 1 atom stereocenters. The molecule has 18 heavy (non-hydrogen) atoms. The molecule has 0 saturated heterocycles. The van der Waals surface area contributed by atoms with Crippen LogP contribution in [0.5, 0.6) is 0 Å². The lowest BCUT2D eigenvalue weighted by Gasteiger charge is -2.15. The van der Waals surface area contributed by atoms with Crippen molar-refractivity contribution in [3.63, 3.8) is 0 Å². The summed E-state index contributed by atoms with van der Waals surface area (Å²) in [4.78, 5) is 26.3. The van der Waals surface area contributed by atoms with E-state index < -0.39 is 0 Å². The Hall–Kier alpha value is -1.75. The molecule has 1 heterocycles. The van der Waals surface area contributed by atoms with Gasteiger partial charge in [-0.3, -0.25) is 19.9 Å². The molecule has 1 unspecified atom stereocenters. The number of hydrogen-bond acceptors (Lipinski definition) is 4. The van der Waals surface area contributed by atoms with Crippen LogP contribution in [0.2, 0.25) is 0 Å². The van der Waals surface area contributed by atoms with Crippen LogP contribution >= 0.6 is 0 Å². The first-order valence-electron chi connectivity index (χ1n) is 6.05. The first kappa shape index (κ1) is 14.3. The Morgan fingerprint density at radius 2 is 2.17 bits per heavy atom. The van der Waals surface area contributed by atoms with Crippen molar-refractivity contribution in [1.29, 1.82) is 0 Å². The van der Waals surface area contributed by atoms with E-state index in [0.717, 1.165) is 18.5 Å². The van der Waals surface area contributed by atoms with Gasteiger partial charge in [0, 0.05) is 31.3 Å². The molecule has 0 fully saturated rings. The topological polar surface area (TPSA) is 71.1 Å². The van der Waals surface area contributed by atoms with Gasteiger partial charge in [0.05, 0.1) is 6.54 Å².